The molecule has 5 nitrogen and oxygen atoms in total. The second kappa shape index (κ2) is 4.76. The monoisotopic (exact) mass is 220 g/mol. The van der Waals surface area contributed by atoms with Gasteiger partial charge in [-0.15, -0.1) is 0 Å². The number of rotatable bonds is 4. The Morgan fingerprint density at radius 2 is 1.53 bits per heavy atom. The maximum atomic E-state index is 10.2. The van der Waals surface area contributed by atoms with Crippen molar-refractivity contribution in [2.45, 2.75) is 19.4 Å². The first-order valence-corrected chi connectivity index (χ1v) is 5.19. The molecule has 1 aliphatic rings. The Morgan fingerprint density at radius 1 is 1.07 bits per heavy atom. The van der Waals surface area contributed by atoms with Crippen LogP contribution >= 0.6 is 0 Å². The van der Waals surface area contributed by atoms with E-state index in [1.807, 2.05) is 6.92 Å². The van der Waals surface area contributed by atoms with Crippen molar-refractivity contribution in [2.24, 2.45) is 10.8 Å². The average Bonchev–Trinajstić information content (AvgIpc) is 2.30. The standard InChI is InChI=1S/C10H20O5/c1-2-9(3-11)6-15-7-10(4-12,5-13)8(9)14/h8,11-14H,2-7H2,1H3. The lowest BCUT2D eigenvalue weighted by Crippen LogP contribution is -2.60. The van der Waals surface area contributed by atoms with E-state index in [1.54, 1.807) is 0 Å². The first-order valence-electron chi connectivity index (χ1n) is 5.19. The number of ether oxygens (including phenoxy) is 1. The van der Waals surface area contributed by atoms with E-state index in [1.165, 1.54) is 0 Å². The molecular weight excluding hydrogens is 200 g/mol. The van der Waals surface area contributed by atoms with Crippen LogP contribution < -0.4 is 0 Å². The SMILES string of the molecule is CCC1(CO)COCC(CO)(CO)C1O. The Hall–Kier alpha value is -0.200. The minimum atomic E-state index is -1.06. The van der Waals surface area contributed by atoms with Crippen LogP contribution in [0.4, 0.5) is 0 Å². The summed E-state index contributed by atoms with van der Waals surface area (Å²) in [4.78, 5) is 0. The molecule has 0 spiro atoms. The van der Waals surface area contributed by atoms with Gasteiger partial charge in [-0.25, -0.2) is 0 Å². The highest BCUT2D eigenvalue weighted by molar-refractivity contribution is 5.00. The summed E-state index contributed by atoms with van der Waals surface area (Å²) in [6.07, 6.45) is -0.421. The second-order valence-electron chi connectivity index (χ2n) is 4.45. The Morgan fingerprint density at radius 3 is 1.93 bits per heavy atom. The molecule has 2 unspecified atom stereocenters. The quantitative estimate of drug-likeness (QED) is 0.474. The minimum absolute atomic E-state index is 0.114. The van der Waals surface area contributed by atoms with Gasteiger partial charge >= 0.3 is 0 Å². The molecule has 2 atom stereocenters. The molecule has 0 aliphatic carbocycles. The van der Waals surface area contributed by atoms with Crippen LogP contribution in [0.5, 0.6) is 0 Å². The third-order valence-corrected chi connectivity index (χ3v) is 3.59. The van der Waals surface area contributed by atoms with E-state index < -0.39 is 16.9 Å². The van der Waals surface area contributed by atoms with Crippen LogP contribution in [0.25, 0.3) is 0 Å². The molecule has 0 bridgehead atoms. The van der Waals surface area contributed by atoms with Crippen molar-refractivity contribution in [3.63, 3.8) is 0 Å². The zero-order chi connectivity index (χ0) is 11.5. The zero-order valence-electron chi connectivity index (χ0n) is 9.02. The van der Waals surface area contributed by atoms with Gasteiger partial charge in [0, 0.05) is 5.41 Å². The van der Waals surface area contributed by atoms with Crippen LogP contribution in [0.1, 0.15) is 13.3 Å². The van der Waals surface area contributed by atoms with E-state index >= 15 is 0 Å². The molecule has 1 saturated heterocycles. The summed E-state index contributed by atoms with van der Waals surface area (Å²) in [6, 6.07) is 0. The first kappa shape index (κ1) is 12.9. The fraction of sp³-hybridized carbons (Fsp3) is 1.00. The van der Waals surface area contributed by atoms with Crippen LogP contribution in [-0.4, -0.2) is 59.6 Å². The van der Waals surface area contributed by atoms with E-state index in [2.05, 4.69) is 0 Å². The van der Waals surface area contributed by atoms with Crippen LogP contribution in [0.3, 0.4) is 0 Å². The average molecular weight is 220 g/mol. The van der Waals surface area contributed by atoms with E-state index in [4.69, 9.17) is 4.74 Å². The smallest absolute Gasteiger partial charge is 0.0763 e. The van der Waals surface area contributed by atoms with Crippen molar-refractivity contribution < 1.29 is 25.2 Å². The van der Waals surface area contributed by atoms with Crippen LogP contribution in [0.2, 0.25) is 0 Å². The molecule has 0 aromatic heterocycles. The van der Waals surface area contributed by atoms with Gasteiger partial charge in [-0.3, -0.25) is 0 Å². The summed E-state index contributed by atoms with van der Waals surface area (Å²) >= 11 is 0. The molecule has 1 aliphatic heterocycles. The predicted molar refractivity (Wildman–Crippen MR) is 53.2 cm³/mol. The molecule has 90 valence electrons. The number of hydrogen-bond donors (Lipinski definition) is 4. The molecule has 1 rings (SSSR count). The minimum Gasteiger partial charge on any atom is -0.396 e. The van der Waals surface area contributed by atoms with Gasteiger partial charge in [-0.05, 0) is 6.42 Å². The van der Waals surface area contributed by atoms with Gasteiger partial charge in [-0.2, -0.15) is 0 Å². The maximum Gasteiger partial charge on any atom is 0.0763 e. The Labute approximate surface area is 89.3 Å². The predicted octanol–water partition coefficient (Wildman–Crippen LogP) is -1.26. The zero-order valence-corrected chi connectivity index (χ0v) is 9.02. The molecular formula is C10H20O5. The molecule has 5 heteroatoms. The number of aliphatic hydroxyl groups excluding tert-OH is 4. The Kier molecular flexibility index (Phi) is 4.08. The summed E-state index contributed by atoms with van der Waals surface area (Å²) in [6.45, 7) is 1.28. The lowest BCUT2D eigenvalue weighted by molar-refractivity contribution is -0.219. The molecule has 0 aromatic carbocycles. The third-order valence-electron chi connectivity index (χ3n) is 3.59. The fourth-order valence-electron chi connectivity index (χ4n) is 2.12. The van der Waals surface area contributed by atoms with Gasteiger partial charge in [0.15, 0.2) is 0 Å². The van der Waals surface area contributed by atoms with E-state index in [9.17, 15) is 20.4 Å². The summed E-state index contributed by atoms with van der Waals surface area (Å²) in [5, 5.41) is 38.0. The Bertz CT molecular complexity index is 178. The number of hydrogen-bond acceptors (Lipinski definition) is 5. The molecule has 1 heterocycles. The molecule has 15 heavy (non-hydrogen) atoms. The van der Waals surface area contributed by atoms with E-state index in [0.29, 0.717) is 6.42 Å². The molecule has 0 amide bonds. The molecule has 1 fully saturated rings. The van der Waals surface area contributed by atoms with E-state index in [0.717, 1.165) is 0 Å². The largest absolute Gasteiger partial charge is 0.396 e. The lowest BCUT2D eigenvalue weighted by atomic mass is 9.66. The van der Waals surface area contributed by atoms with Crippen molar-refractivity contribution in [2.75, 3.05) is 33.0 Å². The number of aliphatic hydroxyl groups is 4. The highest BCUT2D eigenvalue weighted by Gasteiger charge is 2.52. The van der Waals surface area contributed by atoms with Crippen molar-refractivity contribution in [3.05, 3.63) is 0 Å². The van der Waals surface area contributed by atoms with Crippen LogP contribution in [0, 0.1) is 10.8 Å². The van der Waals surface area contributed by atoms with Crippen LogP contribution in [0.15, 0.2) is 0 Å². The van der Waals surface area contributed by atoms with Gasteiger partial charge in [0.1, 0.15) is 0 Å². The van der Waals surface area contributed by atoms with Gasteiger partial charge < -0.3 is 25.2 Å². The summed E-state index contributed by atoms with van der Waals surface area (Å²) in [5.74, 6) is 0. The molecule has 0 radical (unpaired) electrons. The third kappa shape index (κ3) is 1.90. The molecule has 0 saturated carbocycles. The van der Waals surface area contributed by atoms with Gasteiger partial charge in [0.05, 0.1) is 44.6 Å². The molecule has 4 N–H and O–H groups in total. The van der Waals surface area contributed by atoms with Crippen molar-refractivity contribution in [1.29, 1.82) is 0 Å². The second-order valence-corrected chi connectivity index (χ2v) is 4.45. The van der Waals surface area contributed by atoms with Gasteiger partial charge in [0.25, 0.3) is 0 Å². The van der Waals surface area contributed by atoms with Gasteiger partial charge in [-0.1, -0.05) is 6.92 Å². The van der Waals surface area contributed by atoms with Crippen molar-refractivity contribution in [1.82, 2.24) is 0 Å². The fourth-order valence-corrected chi connectivity index (χ4v) is 2.12. The van der Waals surface area contributed by atoms with Crippen LogP contribution in [-0.2, 0) is 4.74 Å². The summed E-state index contributed by atoms with van der Waals surface area (Å²) in [5.41, 5.74) is -1.83. The highest BCUT2D eigenvalue weighted by atomic mass is 16.5. The first-order chi connectivity index (χ1) is 7.10. The van der Waals surface area contributed by atoms with E-state index in [-0.39, 0.29) is 33.0 Å². The normalized spacial score (nSPS) is 35.4. The topological polar surface area (TPSA) is 90.2 Å². The van der Waals surface area contributed by atoms with Crippen molar-refractivity contribution in [3.8, 4) is 0 Å². The molecule has 0 aromatic rings. The maximum absolute atomic E-state index is 10.2. The summed E-state index contributed by atoms with van der Waals surface area (Å²) in [7, 11) is 0. The van der Waals surface area contributed by atoms with Gasteiger partial charge in [0.2, 0.25) is 0 Å². The van der Waals surface area contributed by atoms with Crippen molar-refractivity contribution >= 4 is 0 Å². The summed E-state index contributed by atoms with van der Waals surface area (Å²) < 4.78 is 5.30. The Balaban J connectivity index is 2.95. The lowest BCUT2D eigenvalue weighted by Gasteiger charge is -2.49. The highest BCUT2D eigenvalue weighted by Crippen LogP contribution is 2.41.